The Kier molecular flexibility index (Phi) is 6.99. The van der Waals surface area contributed by atoms with Gasteiger partial charge in [-0.25, -0.2) is 4.68 Å². The lowest BCUT2D eigenvalue weighted by atomic mass is 9.95. The first-order chi connectivity index (χ1) is 17.1. The standard InChI is InChI=1S/C27H34N6O2/c1-21-24(26(31-16-7-8-17-31)33(29-21)23-9-3-2-4-10-23)27(35)32-18-11-22(12-19-32)25(34)28-13-20-30-14-5-6-15-30/h2-4,7-10,16-17,22H,5-6,11-15,18-20H2,1H3,(H,28,34). The Morgan fingerprint density at radius 3 is 2.34 bits per heavy atom. The molecule has 2 fully saturated rings. The Balaban J connectivity index is 1.27. The Morgan fingerprint density at radius 1 is 0.971 bits per heavy atom. The molecule has 1 aromatic carbocycles. The Labute approximate surface area is 206 Å². The molecule has 35 heavy (non-hydrogen) atoms. The smallest absolute Gasteiger partial charge is 0.259 e. The van der Waals surface area contributed by atoms with Crippen molar-refractivity contribution in [1.82, 2.24) is 29.5 Å². The van der Waals surface area contributed by atoms with Crippen LogP contribution < -0.4 is 5.32 Å². The van der Waals surface area contributed by atoms with Gasteiger partial charge in [0.15, 0.2) is 5.82 Å². The van der Waals surface area contributed by atoms with E-state index >= 15 is 0 Å². The van der Waals surface area contributed by atoms with Gasteiger partial charge in [0.05, 0.1) is 11.4 Å². The topological polar surface area (TPSA) is 75.4 Å². The molecule has 8 nitrogen and oxygen atoms in total. The number of hydrogen-bond donors (Lipinski definition) is 1. The fraction of sp³-hybridized carbons (Fsp3) is 0.444. The summed E-state index contributed by atoms with van der Waals surface area (Å²) >= 11 is 0. The normalized spacial score (nSPS) is 17.1. The zero-order valence-electron chi connectivity index (χ0n) is 20.4. The molecule has 0 aliphatic carbocycles. The van der Waals surface area contributed by atoms with Crippen LogP contribution >= 0.6 is 0 Å². The van der Waals surface area contributed by atoms with E-state index in [0.29, 0.717) is 43.7 Å². The van der Waals surface area contributed by atoms with Crippen molar-refractivity contribution in [3.05, 3.63) is 66.1 Å². The summed E-state index contributed by atoms with van der Waals surface area (Å²) in [6.45, 7) is 6.95. The first-order valence-electron chi connectivity index (χ1n) is 12.7. The van der Waals surface area contributed by atoms with Gasteiger partial charge in [-0.1, -0.05) is 18.2 Å². The third-order valence-corrected chi connectivity index (χ3v) is 7.18. The van der Waals surface area contributed by atoms with Crippen LogP contribution in [0.2, 0.25) is 0 Å². The van der Waals surface area contributed by atoms with Crippen molar-refractivity contribution < 1.29 is 9.59 Å². The van der Waals surface area contributed by atoms with E-state index < -0.39 is 0 Å². The van der Waals surface area contributed by atoms with Crippen molar-refractivity contribution >= 4 is 11.8 Å². The molecular formula is C27H34N6O2. The van der Waals surface area contributed by atoms with Crippen LogP contribution in [0.1, 0.15) is 41.7 Å². The zero-order valence-corrected chi connectivity index (χ0v) is 20.4. The number of likely N-dealkylation sites (tertiary alicyclic amines) is 2. The van der Waals surface area contributed by atoms with Crippen molar-refractivity contribution in [2.45, 2.75) is 32.6 Å². The summed E-state index contributed by atoms with van der Waals surface area (Å²) in [4.78, 5) is 30.7. The molecule has 3 aromatic rings. The largest absolute Gasteiger partial charge is 0.355 e. The van der Waals surface area contributed by atoms with Gasteiger partial charge in [0, 0.05) is 44.5 Å². The summed E-state index contributed by atoms with van der Waals surface area (Å²) in [5.41, 5.74) is 2.21. The number of nitrogens with one attached hydrogen (secondary N) is 1. The molecule has 2 amide bonds. The van der Waals surface area contributed by atoms with Gasteiger partial charge in [0.25, 0.3) is 5.91 Å². The van der Waals surface area contributed by atoms with E-state index in [4.69, 9.17) is 5.10 Å². The second kappa shape index (κ2) is 10.5. The van der Waals surface area contributed by atoms with E-state index in [2.05, 4.69) is 10.2 Å². The number of hydrogen-bond acceptors (Lipinski definition) is 4. The predicted octanol–water partition coefficient (Wildman–Crippen LogP) is 3.04. The molecule has 5 rings (SSSR count). The van der Waals surface area contributed by atoms with Crippen LogP contribution in [0.15, 0.2) is 54.9 Å². The second-order valence-electron chi connectivity index (χ2n) is 9.53. The van der Waals surface area contributed by atoms with Crippen LogP contribution in [0.25, 0.3) is 11.5 Å². The van der Waals surface area contributed by atoms with Crippen LogP contribution in [0, 0.1) is 12.8 Å². The molecule has 2 aliphatic heterocycles. The van der Waals surface area contributed by atoms with E-state index in [0.717, 1.165) is 31.1 Å². The van der Waals surface area contributed by atoms with Gasteiger partial charge in [0.1, 0.15) is 5.56 Å². The van der Waals surface area contributed by atoms with Crippen LogP contribution in [-0.4, -0.2) is 75.2 Å². The van der Waals surface area contributed by atoms with Gasteiger partial charge < -0.3 is 19.7 Å². The summed E-state index contributed by atoms with van der Waals surface area (Å²) in [7, 11) is 0. The number of benzene rings is 1. The summed E-state index contributed by atoms with van der Waals surface area (Å²) < 4.78 is 3.78. The van der Waals surface area contributed by atoms with Gasteiger partial charge >= 0.3 is 0 Å². The maximum absolute atomic E-state index is 13.7. The molecule has 184 valence electrons. The first kappa shape index (κ1) is 23.4. The van der Waals surface area contributed by atoms with Crippen LogP contribution in [0.5, 0.6) is 0 Å². The van der Waals surface area contributed by atoms with Gasteiger partial charge in [0.2, 0.25) is 5.91 Å². The number of aromatic nitrogens is 3. The number of para-hydroxylation sites is 1. The SMILES string of the molecule is Cc1nn(-c2ccccc2)c(-n2cccc2)c1C(=O)N1CCC(C(=O)NCCN2CCCC2)CC1. The Morgan fingerprint density at radius 2 is 1.66 bits per heavy atom. The molecule has 0 spiro atoms. The third-order valence-electron chi connectivity index (χ3n) is 7.18. The zero-order chi connectivity index (χ0) is 24.2. The van der Waals surface area contributed by atoms with Crippen molar-refractivity contribution in [2.75, 3.05) is 39.3 Å². The maximum Gasteiger partial charge on any atom is 0.259 e. The first-order valence-corrected chi connectivity index (χ1v) is 12.7. The molecule has 4 heterocycles. The highest BCUT2D eigenvalue weighted by Gasteiger charge is 2.32. The number of rotatable bonds is 7. The quantitative estimate of drug-likeness (QED) is 0.571. The lowest BCUT2D eigenvalue weighted by Gasteiger charge is -2.31. The van der Waals surface area contributed by atoms with Gasteiger partial charge in [-0.3, -0.25) is 9.59 Å². The molecule has 2 saturated heterocycles. The van der Waals surface area contributed by atoms with Crippen molar-refractivity contribution in [2.24, 2.45) is 5.92 Å². The number of carbonyl (C=O) groups excluding carboxylic acids is 2. The van der Waals surface area contributed by atoms with Gasteiger partial charge in [-0.15, -0.1) is 0 Å². The molecule has 2 aliphatic rings. The van der Waals surface area contributed by atoms with Crippen molar-refractivity contribution in [3.63, 3.8) is 0 Å². The lowest BCUT2D eigenvalue weighted by molar-refractivity contribution is -0.126. The molecule has 0 bridgehead atoms. The summed E-state index contributed by atoms with van der Waals surface area (Å²) in [6.07, 6.45) is 7.77. The van der Waals surface area contributed by atoms with E-state index in [1.54, 1.807) is 0 Å². The van der Waals surface area contributed by atoms with Crippen molar-refractivity contribution in [3.8, 4) is 11.5 Å². The minimum Gasteiger partial charge on any atom is -0.355 e. The maximum atomic E-state index is 13.7. The van der Waals surface area contributed by atoms with Crippen LogP contribution in [0.3, 0.4) is 0 Å². The van der Waals surface area contributed by atoms with Gasteiger partial charge in [-0.2, -0.15) is 5.10 Å². The molecular weight excluding hydrogens is 440 g/mol. The summed E-state index contributed by atoms with van der Waals surface area (Å²) in [5, 5.41) is 7.86. The summed E-state index contributed by atoms with van der Waals surface area (Å²) in [6, 6.07) is 13.8. The summed E-state index contributed by atoms with van der Waals surface area (Å²) in [5.74, 6) is 0.804. The molecule has 0 radical (unpaired) electrons. The minimum atomic E-state index is -0.0327. The fourth-order valence-corrected chi connectivity index (χ4v) is 5.22. The molecule has 1 N–H and O–H groups in total. The fourth-order valence-electron chi connectivity index (χ4n) is 5.22. The second-order valence-corrected chi connectivity index (χ2v) is 9.53. The number of aryl methyl sites for hydroxylation is 1. The lowest BCUT2D eigenvalue weighted by Crippen LogP contribution is -2.44. The van der Waals surface area contributed by atoms with E-state index in [-0.39, 0.29) is 17.7 Å². The molecule has 0 unspecified atom stereocenters. The van der Waals surface area contributed by atoms with E-state index in [9.17, 15) is 9.59 Å². The molecule has 0 atom stereocenters. The monoisotopic (exact) mass is 474 g/mol. The van der Waals surface area contributed by atoms with Crippen LogP contribution in [-0.2, 0) is 4.79 Å². The van der Waals surface area contributed by atoms with Crippen molar-refractivity contribution in [1.29, 1.82) is 0 Å². The number of carbonyl (C=O) groups is 2. The van der Waals surface area contributed by atoms with E-state index in [1.165, 1.54) is 12.8 Å². The number of piperidine rings is 1. The molecule has 0 saturated carbocycles. The highest BCUT2D eigenvalue weighted by molar-refractivity contribution is 5.99. The average molecular weight is 475 g/mol. The highest BCUT2D eigenvalue weighted by Crippen LogP contribution is 2.27. The average Bonchev–Trinajstić information content (AvgIpc) is 3.66. The van der Waals surface area contributed by atoms with E-state index in [1.807, 2.05) is 75.9 Å². The van der Waals surface area contributed by atoms with Crippen LogP contribution in [0.4, 0.5) is 0 Å². The van der Waals surface area contributed by atoms with Gasteiger partial charge in [-0.05, 0) is 70.0 Å². The minimum absolute atomic E-state index is 0.0266. The molecule has 2 aromatic heterocycles. The highest BCUT2D eigenvalue weighted by atomic mass is 16.2. The Hall–Kier alpha value is -3.39. The Bertz CT molecular complexity index is 1140. The predicted molar refractivity (Wildman–Crippen MR) is 135 cm³/mol. The third kappa shape index (κ3) is 5.03. The molecule has 8 heteroatoms. The number of amides is 2. The number of nitrogens with zero attached hydrogens (tertiary/aromatic N) is 5.